The lowest BCUT2D eigenvalue weighted by Gasteiger charge is -2.33. The molecule has 0 spiro atoms. The maximum atomic E-state index is 13.1. The van der Waals surface area contributed by atoms with Gasteiger partial charge in [-0.2, -0.15) is 18.7 Å². The molecule has 1 aliphatic rings. The first-order chi connectivity index (χ1) is 16.6. The van der Waals surface area contributed by atoms with Crippen LogP contribution in [-0.2, 0) is 10.0 Å². The van der Waals surface area contributed by atoms with E-state index in [0.717, 1.165) is 6.42 Å². The summed E-state index contributed by atoms with van der Waals surface area (Å²) in [6.07, 6.45) is 2.51. The molecular weight excluding hydrogens is 466 g/mol. The number of anilines is 1. The van der Waals surface area contributed by atoms with Crippen LogP contribution in [0.5, 0.6) is 11.6 Å². The highest BCUT2D eigenvalue weighted by Gasteiger charge is 2.39. The lowest BCUT2D eigenvalue weighted by atomic mass is 9.97. The molecule has 0 bridgehead atoms. The van der Waals surface area contributed by atoms with Gasteiger partial charge in [-0.05, 0) is 62.6 Å². The van der Waals surface area contributed by atoms with Crippen molar-refractivity contribution in [1.82, 2.24) is 14.7 Å². The van der Waals surface area contributed by atoms with Crippen LogP contribution in [0, 0.1) is 17.2 Å². The Bertz CT molecular complexity index is 1420. The second kappa shape index (κ2) is 9.35. The Morgan fingerprint density at radius 1 is 1.20 bits per heavy atom. The van der Waals surface area contributed by atoms with E-state index in [1.807, 2.05) is 11.0 Å². The number of nitriles is 1. The van der Waals surface area contributed by atoms with Crippen molar-refractivity contribution in [3.8, 4) is 17.7 Å². The molecule has 1 aliphatic heterocycles. The van der Waals surface area contributed by atoms with Crippen LogP contribution in [0.4, 0.5) is 5.82 Å². The summed E-state index contributed by atoms with van der Waals surface area (Å²) in [4.78, 5) is 23.6. The topological polar surface area (TPSA) is 125 Å². The first kappa shape index (κ1) is 24.2. The highest BCUT2D eigenvalue weighted by Crippen LogP contribution is 2.37. The smallest absolute Gasteiger partial charge is 0.281 e. The Morgan fingerprint density at radius 3 is 2.69 bits per heavy atom. The van der Waals surface area contributed by atoms with Gasteiger partial charge in [0.2, 0.25) is 5.88 Å². The summed E-state index contributed by atoms with van der Waals surface area (Å²) in [5, 5.41) is 8.66. The SMILES string of the molecule is CC1CN(c2ncccc2C(=O)NS(=O)(=O)c2cccc(Oc3cccc(C#N)c3)n2)C(C)(C)C1. The van der Waals surface area contributed by atoms with Gasteiger partial charge in [-0.1, -0.05) is 19.1 Å². The van der Waals surface area contributed by atoms with Crippen LogP contribution in [0.1, 0.15) is 43.1 Å². The molecule has 0 aliphatic carbocycles. The average molecular weight is 492 g/mol. The minimum Gasteiger partial charge on any atom is -0.439 e. The fourth-order valence-corrected chi connectivity index (χ4v) is 5.26. The van der Waals surface area contributed by atoms with Crippen molar-refractivity contribution in [3.63, 3.8) is 0 Å². The second-order valence-corrected chi connectivity index (χ2v) is 10.7. The summed E-state index contributed by atoms with van der Waals surface area (Å²) < 4.78 is 33.7. The molecule has 2 aromatic heterocycles. The van der Waals surface area contributed by atoms with E-state index in [9.17, 15) is 13.2 Å². The van der Waals surface area contributed by atoms with Crippen molar-refractivity contribution < 1.29 is 17.9 Å². The molecule has 9 nitrogen and oxygen atoms in total. The Balaban J connectivity index is 1.57. The quantitative estimate of drug-likeness (QED) is 0.551. The van der Waals surface area contributed by atoms with Gasteiger partial charge in [0.25, 0.3) is 15.9 Å². The third kappa shape index (κ3) is 5.25. The van der Waals surface area contributed by atoms with Gasteiger partial charge in [0.05, 0.1) is 17.2 Å². The predicted octanol–water partition coefficient (Wildman–Crippen LogP) is 3.88. The van der Waals surface area contributed by atoms with Crippen molar-refractivity contribution >= 4 is 21.7 Å². The van der Waals surface area contributed by atoms with Crippen LogP contribution >= 0.6 is 0 Å². The number of sulfonamides is 1. The van der Waals surface area contributed by atoms with Crippen molar-refractivity contribution in [2.75, 3.05) is 11.4 Å². The van der Waals surface area contributed by atoms with Crippen molar-refractivity contribution in [3.05, 3.63) is 71.9 Å². The number of hydrogen-bond donors (Lipinski definition) is 1. The zero-order chi connectivity index (χ0) is 25.2. The van der Waals surface area contributed by atoms with E-state index in [0.29, 0.717) is 29.6 Å². The van der Waals surface area contributed by atoms with Crippen LogP contribution < -0.4 is 14.4 Å². The number of rotatable bonds is 6. The Hall–Kier alpha value is -3.97. The van der Waals surface area contributed by atoms with Gasteiger partial charge in [0.1, 0.15) is 11.6 Å². The number of ether oxygens (including phenoxy) is 1. The number of pyridine rings is 2. The van der Waals surface area contributed by atoms with Gasteiger partial charge < -0.3 is 9.64 Å². The number of aromatic nitrogens is 2. The van der Waals surface area contributed by atoms with E-state index in [1.165, 1.54) is 24.3 Å². The monoisotopic (exact) mass is 491 g/mol. The minimum atomic E-state index is -4.30. The fourth-order valence-electron chi connectivity index (χ4n) is 4.33. The average Bonchev–Trinajstić information content (AvgIpc) is 3.10. The number of amides is 1. The van der Waals surface area contributed by atoms with E-state index >= 15 is 0 Å². The van der Waals surface area contributed by atoms with Crippen LogP contribution in [0.25, 0.3) is 0 Å². The molecule has 1 N–H and O–H groups in total. The molecule has 1 amide bonds. The Morgan fingerprint density at radius 2 is 1.97 bits per heavy atom. The van der Waals surface area contributed by atoms with Crippen LogP contribution in [0.3, 0.4) is 0 Å². The van der Waals surface area contributed by atoms with Gasteiger partial charge >= 0.3 is 0 Å². The molecule has 35 heavy (non-hydrogen) atoms. The highest BCUT2D eigenvalue weighted by molar-refractivity contribution is 7.90. The highest BCUT2D eigenvalue weighted by atomic mass is 32.2. The molecule has 10 heteroatoms. The lowest BCUT2D eigenvalue weighted by Crippen LogP contribution is -2.41. The molecule has 3 heterocycles. The van der Waals surface area contributed by atoms with Crippen molar-refractivity contribution in [2.24, 2.45) is 5.92 Å². The van der Waals surface area contributed by atoms with Gasteiger partial charge in [-0.25, -0.2) is 9.71 Å². The molecule has 1 saturated heterocycles. The molecule has 0 saturated carbocycles. The van der Waals surface area contributed by atoms with Crippen LogP contribution in [0.15, 0.2) is 65.8 Å². The van der Waals surface area contributed by atoms with E-state index in [2.05, 4.69) is 35.5 Å². The first-order valence-corrected chi connectivity index (χ1v) is 12.5. The zero-order valence-electron chi connectivity index (χ0n) is 19.6. The summed E-state index contributed by atoms with van der Waals surface area (Å²) in [6.45, 7) is 6.99. The van der Waals surface area contributed by atoms with E-state index < -0.39 is 15.9 Å². The van der Waals surface area contributed by atoms with Crippen LogP contribution in [0.2, 0.25) is 0 Å². The van der Waals surface area contributed by atoms with Gasteiger partial charge in [-0.15, -0.1) is 0 Å². The van der Waals surface area contributed by atoms with E-state index in [1.54, 1.807) is 36.5 Å². The number of carbonyl (C=O) groups is 1. The lowest BCUT2D eigenvalue weighted by molar-refractivity contribution is 0.0981. The number of benzene rings is 1. The van der Waals surface area contributed by atoms with Gasteiger partial charge in [0, 0.05) is 24.3 Å². The zero-order valence-corrected chi connectivity index (χ0v) is 20.4. The molecule has 3 aromatic rings. The molecule has 0 radical (unpaired) electrons. The molecule has 4 rings (SSSR count). The van der Waals surface area contributed by atoms with Crippen molar-refractivity contribution in [1.29, 1.82) is 5.26 Å². The van der Waals surface area contributed by atoms with E-state index in [4.69, 9.17) is 10.00 Å². The molecule has 1 atom stereocenters. The predicted molar refractivity (Wildman–Crippen MR) is 130 cm³/mol. The first-order valence-electron chi connectivity index (χ1n) is 11.0. The third-order valence-corrected chi connectivity index (χ3v) is 6.98. The molecular formula is C25H25N5O4S. The Labute approximate surface area is 204 Å². The summed E-state index contributed by atoms with van der Waals surface area (Å²) in [6, 6.07) is 15.8. The van der Waals surface area contributed by atoms with Gasteiger partial charge in [-0.3, -0.25) is 4.79 Å². The molecule has 1 aromatic carbocycles. The Kier molecular flexibility index (Phi) is 6.45. The maximum absolute atomic E-state index is 13.1. The van der Waals surface area contributed by atoms with E-state index in [-0.39, 0.29) is 22.0 Å². The van der Waals surface area contributed by atoms with Gasteiger partial charge in [0.15, 0.2) is 5.03 Å². The fraction of sp³-hybridized carbons (Fsp3) is 0.280. The molecule has 1 fully saturated rings. The third-order valence-electron chi connectivity index (χ3n) is 5.75. The second-order valence-electron chi connectivity index (χ2n) is 9.10. The van der Waals surface area contributed by atoms with Crippen LogP contribution in [-0.4, -0.2) is 36.4 Å². The number of hydrogen-bond acceptors (Lipinski definition) is 8. The summed E-state index contributed by atoms with van der Waals surface area (Å²) in [7, 11) is -4.30. The summed E-state index contributed by atoms with van der Waals surface area (Å²) in [5.74, 6) is 0.394. The normalized spacial score (nSPS) is 17.0. The maximum Gasteiger partial charge on any atom is 0.281 e. The summed E-state index contributed by atoms with van der Waals surface area (Å²) >= 11 is 0. The molecule has 1 unspecified atom stereocenters. The summed E-state index contributed by atoms with van der Waals surface area (Å²) in [5.41, 5.74) is 0.331. The number of nitrogens with one attached hydrogen (secondary N) is 1. The number of nitrogens with zero attached hydrogens (tertiary/aromatic N) is 4. The standard InChI is InChI=1S/C25H25N5O4S/c1-17-14-25(2,3)30(16-17)23-20(9-6-12-27-23)24(31)29-35(32,33)22-11-5-10-21(28-22)34-19-8-4-7-18(13-19)15-26/h4-13,17H,14,16H2,1-3H3,(H,29,31). The largest absolute Gasteiger partial charge is 0.439 e. The number of carbonyl (C=O) groups excluding carboxylic acids is 1. The molecule has 180 valence electrons. The minimum absolute atomic E-state index is 0.00489. The van der Waals surface area contributed by atoms with Crippen molar-refractivity contribution in [2.45, 2.75) is 37.8 Å².